The van der Waals surface area contributed by atoms with Crippen LogP contribution in [-0.2, 0) is 45.6 Å². The van der Waals surface area contributed by atoms with Crippen LogP contribution >= 0.6 is 11.6 Å². The number of nitrogens with one attached hydrogen (secondary N) is 1. The first-order valence-corrected chi connectivity index (χ1v) is 18.1. The van der Waals surface area contributed by atoms with E-state index in [2.05, 4.69) is 10.2 Å². The van der Waals surface area contributed by atoms with Crippen molar-refractivity contribution in [3.63, 3.8) is 0 Å². The normalized spacial score (nSPS) is 13.8. The minimum Gasteiger partial charge on any atom is -0.497 e. The number of amides is 1. The lowest BCUT2D eigenvalue weighted by molar-refractivity contribution is -0.115. The molecule has 0 unspecified atom stereocenters. The molecule has 0 spiro atoms. The first-order valence-electron chi connectivity index (χ1n) is 16.3. The van der Waals surface area contributed by atoms with Gasteiger partial charge in [0.25, 0.3) is 0 Å². The fourth-order valence-electron chi connectivity index (χ4n) is 5.86. The zero-order chi connectivity index (χ0) is 35.1. The van der Waals surface area contributed by atoms with Crippen molar-refractivity contribution in [2.24, 2.45) is 0 Å². The first kappa shape index (κ1) is 35.4. The van der Waals surface area contributed by atoms with Crippen molar-refractivity contribution < 1.29 is 27.4 Å². The quantitative estimate of drug-likeness (QED) is 0.158. The lowest BCUT2D eigenvalue weighted by atomic mass is 10.1. The molecule has 0 radical (unpaired) electrons. The molecule has 4 aromatic carbocycles. The van der Waals surface area contributed by atoms with Crippen molar-refractivity contribution in [3.05, 3.63) is 113 Å². The third-order valence-corrected chi connectivity index (χ3v) is 10.8. The van der Waals surface area contributed by atoms with E-state index in [1.54, 1.807) is 73.6 Å². The maximum absolute atomic E-state index is 14.9. The van der Waals surface area contributed by atoms with Gasteiger partial charge < -0.3 is 19.5 Å². The lowest BCUT2D eigenvalue weighted by Crippen LogP contribution is -2.38. The number of carbonyl (C=O) groups is 1. The van der Waals surface area contributed by atoms with Crippen LogP contribution in [-0.4, -0.2) is 80.4 Å². The van der Waals surface area contributed by atoms with Gasteiger partial charge in [0.1, 0.15) is 11.5 Å². The Morgan fingerprint density at radius 3 is 2.12 bits per heavy atom. The fraction of sp³-hybridized carbons (Fsp3) is 0.297. The SMILES string of the molecule is COc1ccc(CN(Cc2ccc(OC)cc2)S(=O)(=O)c2cc(NC(=O)Cc3ccccc3Cl)cc3nn(CCN4CCOCC4)cc23)cc1. The molecule has 0 aliphatic carbocycles. The Balaban J connectivity index is 1.38. The van der Waals surface area contributed by atoms with E-state index in [1.807, 2.05) is 30.3 Å². The molecule has 50 heavy (non-hydrogen) atoms. The number of anilines is 1. The smallest absolute Gasteiger partial charge is 0.244 e. The van der Waals surface area contributed by atoms with Crippen LogP contribution in [0.3, 0.4) is 0 Å². The van der Waals surface area contributed by atoms with E-state index in [0.29, 0.717) is 58.4 Å². The zero-order valence-corrected chi connectivity index (χ0v) is 29.6. The van der Waals surface area contributed by atoms with Crippen molar-refractivity contribution >= 4 is 44.1 Å². The summed E-state index contributed by atoms with van der Waals surface area (Å²) in [5.74, 6) is 1.01. The summed E-state index contributed by atoms with van der Waals surface area (Å²) in [5, 5.41) is 8.62. The monoisotopic (exact) mass is 717 g/mol. The van der Waals surface area contributed by atoms with Gasteiger partial charge in [-0.1, -0.05) is 54.1 Å². The Labute approximate surface area is 297 Å². The number of halogens is 1. The summed E-state index contributed by atoms with van der Waals surface area (Å²) < 4.78 is 49.1. The van der Waals surface area contributed by atoms with Crippen LogP contribution in [0.25, 0.3) is 10.9 Å². The largest absolute Gasteiger partial charge is 0.497 e. The summed E-state index contributed by atoms with van der Waals surface area (Å²) in [7, 11) is -1.01. The van der Waals surface area contributed by atoms with Gasteiger partial charge in [-0.15, -0.1) is 0 Å². The molecule has 1 aliphatic rings. The molecule has 1 fully saturated rings. The minimum absolute atomic E-state index is 0.0227. The van der Waals surface area contributed by atoms with Crippen LogP contribution in [0.2, 0.25) is 5.02 Å². The lowest BCUT2D eigenvalue weighted by Gasteiger charge is -2.26. The minimum atomic E-state index is -4.18. The maximum atomic E-state index is 14.9. The van der Waals surface area contributed by atoms with Gasteiger partial charge in [0.2, 0.25) is 15.9 Å². The Bertz CT molecular complexity index is 1980. The van der Waals surface area contributed by atoms with Crippen LogP contribution in [0.15, 0.2) is 96.0 Å². The van der Waals surface area contributed by atoms with Crippen molar-refractivity contribution in [1.29, 1.82) is 0 Å². The van der Waals surface area contributed by atoms with Gasteiger partial charge in [-0.3, -0.25) is 14.4 Å². The molecule has 1 aromatic heterocycles. The molecule has 1 amide bonds. The molecule has 0 atom stereocenters. The highest BCUT2D eigenvalue weighted by molar-refractivity contribution is 7.89. The van der Waals surface area contributed by atoms with Gasteiger partial charge in [0.05, 0.1) is 50.8 Å². The molecule has 11 nitrogen and oxygen atoms in total. The third-order valence-electron chi connectivity index (χ3n) is 8.63. The first-order chi connectivity index (χ1) is 24.2. The number of benzene rings is 4. The fourth-order valence-corrected chi connectivity index (χ4v) is 7.69. The summed E-state index contributed by atoms with van der Waals surface area (Å²) in [6.45, 7) is 4.49. The van der Waals surface area contributed by atoms with E-state index in [0.717, 1.165) is 30.8 Å². The average molecular weight is 718 g/mol. The second-order valence-corrected chi connectivity index (χ2v) is 14.4. The van der Waals surface area contributed by atoms with E-state index >= 15 is 0 Å². The zero-order valence-electron chi connectivity index (χ0n) is 28.0. The Hall–Kier alpha value is -4.46. The molecular formula is C37H40ClN5O6S. The maximum Gasteiger partial charge on any atom is 0.244 e. The molecular weight excluding hydrogens is 678 g/mol. The Kier molecular flexibility index (Phi) is 11.4. The number of aromatic nitrogens is 2. The van der Waals surface area contributed by atoms with E-state index in [9.17, 15) is 13.2 Å². The number of sulfonamides is 1. The number of hydrogen-bond donors (Lipinski definition) is 1. The van der Waals surface area contributed by atoms with Crippen LogP contribution in [0.1, 0.15) is 16.7 Å². The third kappa shape index (κ3) is 8.63. The number of methoxy groups -OCH3 is 2. The molecule has 13 heteroatoms. The molecule has 1 N–H and O–H groups in total. The van der Waals surface area contributed by atoms with Crippen molar-refractivity contribution in [2.75, 3.05) is 52.4 Å². The van der Waals surface area contributed by atoms with Crippen molar-refractivity contribution in [2.45, 2.75) is 31.0 Å². The average Bonchev–Trinajstić information content (AvgIpc) is 3.55. The van der Waals surface area contributed by atoms with Gasteiger partial charge in [-0.2, -0.15) is 9.40 Å². The van der Waals surface area contributed by atoms with Gasteiger partial charge >= 0.3 is 0 Å². The van der Waals surface area contributed by atoms with E-state index in [4.69, 9.17) is 30.9 Å². The molecule has 0 bridgehead atoms. The molecule has 5 aromatic rings. The predicted molar refractivity (Wildman–Crippen MR) is 193 cm³/mol. The molecule has 262 valence electrons. The van der Waals surface area contributed by atoms with Gasteiger partial charge in [-0.05, 0) is 59.2 Å². The Morgan fingerprint density at radius 1 is 0.900 bits per heavy atom. The highest BCUT2D eigenvalue weighted by Crippen LogP contribution is 2.32. The summed E-state index contributed by atoms with van der Waals surface area (Å²) in [6, 6.07) is 25.0. The summed E-state index contributed by atoms with van der Waals surface area (Å²) in [4.78, 5) is 15.6. The number of hydrogen-bond acceptors (Lipinski definition) is 8. The van der Waals surface area contributed by atoms with Crippen molar-refractivity contribution in [1.82, 2.24) is 19.0 Å². The van der Waals surface area contributed by atoms with Crippen molar-refractivity contribution in [3.8, 4) is 11.5 Å². The highest BCUT2D eigenvalue weighted by Gasteiger charge is 2.29. The predicted octanol–water partition coefficient (Wildman–Crippen LogP) is 5.61. The highest BCUT2D eigenvalue weighted by atomic mass is 35.5. The summed E-state index contributed by atoms with van der Waals surface area (Å²) >= 11 is 6.32. The number of fused-ring (bicyclic) bond motifs is 1. The molecule has 2 heterocycles. The number of ether oxygens (including phenoxy) is 3. The molecule has 1 saturated heterocycles. The molecule has 6 rings (SSSR count). The standard InChI is InChI=1S/C37H40ClN5O6S/c1-47-31-11-7-27(8-12-31)24-43(25-28-9-13-32(48-2)14-10-28)50(45,46)36-23-30(39-37(44)21-29-5-3-4-6-34(29)38)22-35-33(36)26-42(40-35)16-15-41-17-19-49-20-18-41/h3-14,22-23,26H,15-21,24-25H2,1-2H3,(H,39,44). The second-order valence-electron chi connectivity index (χ2n) is 12.0. The Morgan fingerprint density at radius 2 is 1.52 bits per heavy atom. The number of carbonyl (C=O) groups excluding carboxylic acids is 1. The van der Waals surface area contributed by atoms with Crippen LogP contribution in [0, 0.1) is 0 Å². The van der Waals surface area contributed by atoms with Gasteiger partial charge in [0.15, 0.2) is 0 Å². The second kappa shape index (κ2) is 16.0. The van der Waals surface area contributed by atoms with Crippen LogP contribution in [0.4, 0.5) is 5.69 Å². The molecule has 1 aliphatic heterocycles. The van der Waals surface area contributed by atoms with E-state index in [-0.39, 0.29) is 30.3 Å². The topological polar surface area (TPSA) is 115 Å². The van der Waals surface area contributed by atoms with E-state index in [1.165, 1.54) is 10.4 Å². The van der Waals surface area contributed by atoms with E-state index < -0.39 is 10.0 Å². The van der Waals surface area contributed by atoms with Crippen LogP contribution < -0.4 is 14.8 Å². The number of rotatable bonds is 14. The summed E-state index contributed by atoms with van der Waals surface area (Å²) in [6.07, 6.45) is 1.80. The van der Waals surface area contributed by atoms with Gasteiger partial charge in [-0.25, -0.2) is 8.42 Å². The summed E-state index contributed by atoms with van der Waals surface area (Å²) in [5.41, 5.74) is 3.00. The van der Waals surface area contributed by atoms with Crippen LogP contribution in [0.5, 0.6) is 11.5 Å². The number of morpholine rings is 1. The van der Waals surface area contributed by atoms with Gasteiger partial charge in [0, 0.05) is 55.0 Å². The molecule has 0 saturated carbocycles. The number of nitrogens with zero attached hydrogens (tertiary/aromatic N) is 4.